The summed E-state index contributed by atoms with van der Waals surface area (Å²) in [5.41, 5.74) is 2.81. The molecule has 0 saturated heterocycles. The molecule has 0 aliphatic heterocycles. The van der Waals surface area contributed by atoms with Crippen molar-refractivity contribution in [3.63, 3.8) is 0 Å². The zero-order chi connectivity index (χ0) is 10.1. The molecular formula is C9H22N2O2. The number of hydroxylamine groups is 3. The second-order valence-corrected chi connectivity index (χ2v) is 3.28. The van der Waals surface area contributed by atoms with E-state index < -0.39 is 0 Å². The van der Waals surface area contributed by atoms with Crippen molar-refractivity contribution in [1.82, 2.24) is 10.5 Å². The highest BCUT2D eigenvalue weighted by Crippen LogP contribution is 1.90. The molecule has 0 aliphatic carbocycles. The fourth-order valence-corrected chi connectivity index (χ4v) is 0.705. The van der Waals surface area contributed by atoms with Gasteiger partial charge in [0.2, 0.25) is 0 Å². The van der Waals surface area contributed by atoms with Crippen LogP contribution < -0.4 is 5.48 Å². The van der Waals surface area contributed by atoms with Crippen LogP contribution >= 0.6 is 0 Å². The fourth-order valence-electron chi connectivity index (χ4n) is 0.705. The van der Waals surface area contributed by atoms with E-state index in [9.17, 15) is 0 Å². The second kappa shape index (κ2) is 8.44. The quantitative estimate of drug-likeness (QED) is 0.357. The first kappa shape index (κ1) is 12.8. The predicted molar refractivity (Wildman–Crippen MR) is 52.8 cm³/mol. The Morgan fingerprint density at radius 2 is 2.08 bits per heavy atom. The van der Waals surface area contributed by atoms with Crippen molar-refractivity contribution in [2.24, 2.45) is 0 Å². The summed E-state index contributed by atoms with van der Waals surface area (Å²) in [4.78, 5) is 10.5. The Bertz CT molecular complexity index is 110. The Kier molecular flexibility index (Phi) is 8.33. The fraction of sp³-hybridized carbons (Fsp3) is 1.00. The Balaban J connectivity index is 3.15. The van der Waals surface area contributed by atoms with Gasteiger partial charge in [-0.1, -0.05) is 13.3 Å². The third-order valence-electron chi connectivity index (χ3n) is 1.42. The number of unbranched alkanes of at least 4 members (excludes halogenated alkanes) is 1. The van der Waals surface area contributed by atoms with E-state index >= 15 is 0 Å². The molecule has 0 spiro atoms. The highest BCUT2D eigenvalue weighted by Gasteiger charge is 1.98. The minimum absolute atomic E-state index is 0.198. The summed E-state index contributed by atoms with van der Waals surface area (Å²) in [7, 11) is 1.88. The number of rotatable bonds is 8. The van der Waals surface area contributed by atoms with Crippen molar-refractivity contribution in [2.45, 2.75) is 39.7 Å². The third kappa shape index (κ3) is 9.76. The standard InChI is InChI=1S/C9H22N2O2/c1-5-6-7-12-11(4)8-10-13-9(2)3/h9-10H,5-8H2,1-4H3. The minimum atomic E-state index is 0.198. The highest BCUT2D eigenvalue weighted by molar-refractivity contribution is 4.33. The molecule has 4 heteroatoms. The maximum atomic E-state index is 5.36. The number of hydrogen-bond acceptors (Lipinski definition) is 4. The molecule has 0 aliphatic rings. The van der Waals surface area contributed by atoms with Gasteiger partial charge in [-0.2, -0.15) is 10.5 Å². The van der Waals surface area contributed by atoms with Crippen LogP contribution in [-0.4, -0.2) is 31.5 Å². The van der Waals surface area contributed by atoms with Gasteiger partial charge in [-0.05, 0) is 20.3 Å². The van der Waals surface area contributed by atoms with Gasteiger partial charge < -0.3 is 0 Å². The number of nitrogens with zero attached hydrogens (tertiary/aromatic N) is 1. The van der Waals surface area contributed by atoms with Crippen molar-refractivity contribution in [3.8, 4) is 0 Å². The van der Waals surface area contributed by atoms with Gasteiger partial charge in [0.25, 0.3) is 0 Å². The molecule has 0 aromatic rings. The van der Waals surface area contributed by atoms with E-state index in [0.717, 1.165) is 19.4 Å². The minimum Gasteiger partial charge on any atom is -0.298 e. The van der Waals surface area contributed by atoms with Crippen LogP contribution in [0.3, 0.4) is 0 Å². The topological polar surface area (TPSA) is 33.7 Å². The molecule has 0 saturated carbocycles. The molecule has 0 fully saturated rings. The van der Waals surface area contributed by atoms with Crippen LogP contribution in [0.1, 0.15) is 33.6 Å². The van der Waals surface area contributed by atoms with Crippen LogP contribution in [0.25, 0.3) is 0 Å². The molecule has 0 unspecified atom stereocenters. The van der Waals surface area contributed by atoms with E-state index in [4.69, 9.17) is 9.68 Å². The predicted octanol–water partition coefficient (Wildman–Crippen LogP) is 1.54. The SMILES string of the molecule is CCCCON(C)CNOC(C)C. The van der Waals surface area contributed by atoms with E-state index in [-0.39, 0.29) is 6.10 Å². The Hall–Kier alpha value is -0.160. The summed E-state index contributed by atoms with van der Waals surface area (Å²) in [6, 6.07) is 0. The van der Waals surface area contributed by atoms with Crippen molar-refractivity contribution in [2.75, 3.05) is 20.3 Å². The van der Waals surface area contributed by atoms with E-state index in [2.05, 4.69) is 12.4 Å². The molecule has 0 atom stereocenters. The summed E-state index contributed by atoms with van der Waals surface area (Å²) in [6.45, 7) is 7.46. The van der Waals surface area contributed by atoms with Crippen LogP contribution in [0.2, 0.25) is 0 Å². The van der Waals surface area contributed by atoms with E-state index in [1.165, 1.54) is 0 Å². The maximum absolute atomic E-state index is 5.36. The van der Waals surface area contributed by atoms with E-state index in [1.54, 1.807) is 5.06 Å². The Labute approximate surface area is 81.1 Å². The van der Waals surface area contributed by atoms with Crippen molar-refractivity contribution >= 4 is 0 Å². The Morgan fingerprint density at radius 1 is 1.38 bits per heavy atom. The molecular weight excluding hydrogens is 168 g/mol. The lowest BCUT2D eigenvalue weighted by molar-refractivity contribution is -0.171. The lowest BCUT2D eigenvalue weighted by Crippen LogP contribution is -2.33. The zero-order valence-corrected chi connectivity index (χ0v) is 9.17. The molecule has 13 heavy (non-hydrogen) atoms. The number of hydrogen-bond donors (Lipinski definition) is 1. The largest absolute Gasteiger partial charge is 0.298 e. The summed E-state index contributed by atoms with van der Waals surface area (Å²) in [5.74, 6) is 0. The summed E-state index contributed by atoms with van der Waals surface area (Å²) in [5, 5.41) is 1.73. The average Bonchev–Trinajstić information content (AvgIpc) is 2.04. The maximum Gasteiger partial charge on any atom is 0.0966 e. The van der Waals surface area contributed by atoms with E-state index in [0.29, 0.717) is 6.67 Å². The lowest BCUT2D eigenvalue weighted by atomic mass is 10.4. The van der Waals surface area contributed by atoms with Crippen molar-refractivity contribution in [1.29, 1.82) is 0 Å². The van der Waals surface area contributed by atoms with Crippen LogP contribution in [0, 0.1) is 0 Å². The Morgan fingerprint density at radius 3 is 2.62 bits per heavy atom. The lowest BCUT2D eigenvalue weighted by Gasteiger charge is -2.17. The molecule has 0 heterocycles. The van der Waals surface area contributed by atoms with Gasteiger partial charge in [0.1, 0.15) is 0 Å². The molecule has 1 N–H and O–H groups in total. The average molecular weight is 190 g/mol. The monoisotopic (exact) mass is 190 g/mol. The van der Waals surface area contributed by atoms with Crippen molar-refractivity contribution < 1.29 is 9.68 Å². The van der Waals surface area contributed by atoms with Crippen LogP contribution in [0.15, 0.2) is 0 Å². The normalized spacial score (nSPS) is 11.5. The molecule has 80 valence electrons. The van der Waals surface area contributed by atoms with Gasteiger partial charge in [0, 0.05) is 7.05 Å². The summed E-state index contributed by atoms with van der Waals surface area (Å²) < 4.78 is 0. The molecule has 0 rings (SSSR count). The molecule has 0 radical (unpaired) electrons. The highest BCUT2D eigenvalue weighted by atomic mass is 16.7. The molecule has 0 aromatic heterocycles. The van der Waals surface area contributed by atoms with Gasteiger partial charge in [-0.3, -0.25) is 9.68 Å². The zero-order valence-electron chi connectivity index (χ0n) is 9.17. The second-order valence-electron chi connectivity index (χ2n) is 3.28. The molecule has 4 nitrogen and oxygen atoms in total. The van der Waals surface area contributed by atoms with Gasteiger partial charge in [0.15, 0.2) is 0 Å². The van der Waals surface area contributed by atoms with Gasteiger partial charge >= 0.3 is 0 Å². The molecule has 0 amide bonds. The van der Waals surface area contributed by atoms with Gasteiger partial charge in [-0.25, -0.2) is 0 Å². The first-order chi connectivity index (χ1) is 6.16. The first-order valence-electron chi connectivity index (χ1n) is 4.89. The molecule has 0 bridgehead atoms. The van der Waals surface area contributed by atoms with Crippen molar-refractivity contribution in [3.05, 3.63) is 0 Å². The van der Waals surface area contributed by atoms with Gasteiger partial charge in [-0.15, -0.1) is 0 Å². The summed E-state index contributed by atoms with van der Waals surface area (Å²) in [6.07, 6.45) is 2.45. The number of nitrogens with one attached hydrogen (secondary N) is 1. The van der Waals surface area contributed by atoms with Gasteiger partial charge in [0.05, 0.1) is 19.4 Å². The van der Waals surface area contributed by atoms with Crippen LogP contribution in [0.5, 0.6) is 0 Å². The summed E-state index contributed by atoms with van der Waals surface area (Å²) >= 11 is 0. The van der Waals surface area contributed by atoms with Crippen LogP contribution in [-0.2, 0) is 9.68 Å². The third-order valence-corrected chi connectivity index (χ3v) is 1.42. The van der Waals surface area contributed by atoms with Crippen LogP contribution in [0.4, 0.5) is 0 Å². The van der Waals surface area contributed by atoms with E-state index in [1.807, 2.05) is 20.9 Å². The molecule has 0 aromatic carbocycles. The first-order valence-corrected chi connectivity index (χ1v) is 4.89. The smallest absolute Gasteiger partial charge is 0.0966 e.